The van der Waals surface area contributed by atoms with Crippen molar-refractivity contribution in [3.05, 3.63) is 48.0 Å². The Hall–Kier alpha value is -2.36. The third-order valence-corrected chi connectivity index (χ3v) is 7.16. The maximum absolute atomic E-state index is 12.6. The van der Waals surface area contributed by atoms with Gasteiger partial charge in [-0.25, -0.2) is 8.42 Å². The fourth-order valence-electron chi connectivity index (χ4n) is 2.63. The smallest absolute Gasteiger partial charge is 0.272 e. The standard InChI is InChI=1S/C17H18N4O3S2/c1-3-21(4-2)26(23,24)17-20-19-16(25-17)18-15(22)14-11-7-9-12-8-5-6-10-13(12)14/h5-11H,3-4H2,1-2H3,(H,18,19,22). The molecule has 0 bridgehead atoms. The van der Waals surface area contributed by atoms with Crippen molar-refractivity contribution < 1.29 is 13.2 Å². The summed E-state index contributed by atoms with van der Waals surface area (Å²) >= 11 is 0.843. The van der Waals surface area contributed by atoms with Gasteiger partial charge in [0, 0.05) is 18.7 Å². The summed E-state index contributed by atoms with van der Waals surface area (Å²) in [6.45, 7) is 4.20. The largest absolute Gasteiger partial charge is 0.296 e. The minimum absolute atomic E-state index is 0.130. The first-order valence-corrected chi connectivity index (χ1v) is 10.4. The van der Waals surface area contributed by atoms with Crippen molar-refractivity contribution >= 4 is 43.2 Å². The average molecular weight is 390 g/mol. The minimum atomic E-state index is -3.69. The van der Waals surface area contributed by atoms with E-state index in [1.165, 1.54) is 4.31 Å². The van der Waals surface area contributed by atoms with E-state index in [-0.39, 0.29) is 15.4 Å². The van der Waals surface area contributed by atoms with Gasteiger partial charge in [-0.05, 0) is 16.8 Å². The van der Waals surface area contributed by atoms with Gasteiger partial charge in [0.1, 0.15) is 0 Å². The SMILES string of the molecule is CCN(CC)S(=O)(=O)c1nnc(NC(=O)c2cccc3ccccc23)s1. The fraction of sp³-hybridized carbons (Fsp3) is 0.235. The molecule has 0 saturated heterocycles. The lowest BCUT2D eigenvalue weighted by Crippen LogP contribution is -2.30. The molecule has 3 aromatic rings. The van der Waals surface area contributed by atoms with Crippen LogP contribution < -0.4 is 5.32 Å². The summed E-state index contributed by atoms with van der Waals surface area (Å²) in [5.74, 6) is -0.357. The lowest BCUT2D eigenvalue weighted by Gasteiger charge is -2.15. The highest BCUT2D eigenvalue weighted by Crippen LogP contribution is 2.25. The molecule has 26 heavy (non-hydrogen) atoms. The summed E-state index contributed by atoms with van der Waals surface area (Å²) in [4.78, 5) is 12.6. The van der Waals surface area contributed by atoms with Crippen LogP contribution >= 0.6 is 11.3 Å². The molecule has 1 N–H and O–H groups in total. The topological polar surface area (TPSA) is 92.3 Å². The molecule has 1 aromatic heterocycles. The second-order valence-electron chi connectivity index (χ2n) is 5.44. The van der Waals surface area contributed by atoms with E-state index in [9.17, 15) is 13.2 Å². The Morgan fingerprint density at radius 2 is 1.77 bits per heavy atom. The summed E-state index contributed by atoms with van der Waals surface area (Å²) in [6.07, 6.45) is 0. The van der Waals surface area contributed by atoms with Gasteiger partial charge in [0.25, 0.3) is 15.9 Å². The first-order chi connectivity index (χ1) is 12.5. The number of aromatic nitrogens is 2. The van der Waals surface area contributed by atoms with E-state index in [0.29, 0.717) is 18.7 Å². The highest BCUT2D eigenvalue weighted by molar-refractivity contribution is 7.91. The molecule has 2 aromatic carbocycles. The van der Waals surface area contributed by atoms with Crippen molar-refractivity contribution in [2.75, 3.05) is 18.4 Å². The van der Waals surface area contributed by atoms with Crippen LogP contribution in [-0.4, -0.2) is 41.9 Å². The molecule has 0 radical (unpaired) electrons. The maximum Gasteiger partial charge on any atom is 0.272 e. The van der Waals surface area contributed by atoms with Gasteiger partial charge in [-0.15, -0.1) is 10.2 Å². The Kier molecular flexibility index (Phi) is 5.30. The predicted molar refractivity (Wildman–Crippen MR) is 102 cm³/mol. The first kappa shape index (κ1) is 18.4. The Labute approximate surface area is 155 Å². The molecule has 0 aliphatic rings. The van der Waals surface area contributed by atoms with Crippen LogP contribution in [0.25, 0.3) is 10.8 Å². The van der Waals surface area contributed by atoms with Crippen molar-refractivity contribution in [1.29, 1.82) is 0 Å². The second-order valence-corrected chi connectivity index (χ2v) is 8.53. The molecule has 0 atom stereocenters. The van der Waals surface area contributed by atoms with E-state index < -0.39 is 10.0 Å². The summed E-state index contributed by atoms with van der Waals surface area (Å²) in [5.41, 5.74) is 0.492. The monoisotopic (exact) mass is 390 g/mol. The highest BCUT2D eigenvalue weighted by Gasteiger charge is 2.26. The predicted octanol–water partition coefficient (Wildman–Crippen LogP) is 2.97. The van der Waals surface area contributed by atoms with Crippen molar-refractivity contribution in [2.45, 2.75) is 18.2 Å². The van der Waals surface area contributed by atoms with Gasteiger partial charge in [-0.1, -0.05) is 61.6 Å². The van der Waals surface area contributed by atoms with Gasteiger partial charge in [0.2, 0.25) is 9.47 Å². The molecule has 0 fully saturated rings. The van der Waals surface area contributed by atoms with Crippen LogP contribution in [0.5, 0.6) is 0 Å². The number of amides is 1. The molecule has 0 aliphatic heterocycles. The normalized spacial score (nSPS) is 11.8. The molecule has 136 valence electrons. The fourth-order valence-corrected chi connectivity index (χ4v) is 5.12. The van der Waals surface area contributed by atoms with E-state index in [1.807, 2.05) is 30.3 Å². The number of benzene rings is 2. The quantitative estimate of drug-likeness (QED) is 0.653. The van der Waals surface area contributed by atoms with E-state index in [1.54, 1.807) is 26.0 Å². The third-order valence-electron chi connectivity index (χ3n) is 3.93. The van der Waals surface area contributed by atoms with Crippen molar-refractivity contribution in [3.8, 4) is 0 Å². The molecule has 1 amide bonds. The van der Waals surface area contributed by atoms with Crippen LogP contribution in [0.1, 0.15) is 24.2 Å². The Morgan fingerprint density at radius 1 is 1.08 bits per heavy atom. The van der Waals surface area contributed by atoms with Crippen LogP contribution in [-0.2, 0) is 10.0 Å². The van der Waals surface area contributed by atoms with E-state index >= 15 is 0 Å². The molecule has 0 spiro atoms. The molecular formula is C17H18N4O3S2. The van der Waals surface area contributed by atoms with Gasteiger partial charge in [-0.2, -0.15) is 4.31 Å². The molecule has 1 heterocycles. The first-order valence-electron chi connectivity index (χ1n) is 8.10. The number of rotatable bonds is 6. The van der Waals surface area contributed by atoms with Crippen molar-refractivity contribution in [1.82, 2.24) is 14.5 Å². The molecule has 0 saturated carbocycles. The highest BCUT2D eigenvalue weighted by atomic mass is 32.2. The Morgan fingerprint density at radius 3 is 2.50 bits per heavy atom. The number of carbonyl (C=O) groups excluding carboxylic acids is 1. The van der Waals surface area contributed by atoms with E-state index in [2.05, 4.69) is 15.5 Å². The maximum atomic E-state index is 12.6. The van der Waals surface area contributed by atoms with Gasteiger partial charge in [0.15, 0.2) is 0 Å². The number of anilines is 1. The number of carbonyl (C=O) groups is 1. The van der Waals surface area contributed by atoms with E-state index in [4.69, 9.17) is 0 Å². The second kappa shape index (κ2) is 7.48. The van der Waals surface area contributed by atoms with Crippen LogP contribution in [0, 0.1) is 0 Å². The molecule has 3 rings (SSSR count). The molecule has 0 unspecified atom stereocenters. The van der Waals surface area contributed by atoms with Crippen molar-refractivity contribution in [3.63, 3.8) is 0 Å². The summed E-state index contributed by atoms with van der Waals surface area (Å²) in [5, 5.41) is 12.1. The van der Waals surface area contributed by atoms with Crippen LogP contribution in [0.3, 0.4) is 0 Å². The Balaban J connectivity index is 1.86. The third kappa shape index (κ3) is 3.46. The number of hydrogen-bond acceptors (Lipinski definition) is 6. The number of nitrogens with one attached hydrogen (secondary N) is 1. The number of fused-ring (bicyclic) bond motifs is 1. The molecular weight excluding hydrogens is 372 g/mol. The average Bonchev–Trinajstić information content (AvgIpc) is 3.11. The van der Waals surface area contributed by atoms with Crippen LogP contribution in [0.4, 0.5) is 5.13 Å². The molecule has 0 aliphatic carbocycles. The number of sulfonamides is 1. The Bertz CT molecular complexity index is 1040. The van der Waals surface area contributed by atoms with Gasteiger partial charge < -0.3 is 0 Å². The summed E-state index contributed by atoms with van der Waals surface area (Å²) < 4.78 is 26.1. The lowest BCUT2D eigenvalue weighted by molar-refractivity contribution is 0.102. The summed E-state index contributed by atoms with van der Waals surface area (Å²) in [7, 11) is -3.69. The minimum Gasteiger partial charge on any atom is -0.296 e. The van der Waals surface area contributed by atoms with Crippen LogP contribution in [0.2, 0.25) is 0 Å². The number of hydrogen-bond donors (Lipinski definition) is 1. The van der Waals surface area contributed by atoms with Crippen molar-refractivity contribution in [2.24, 2.45) is 0 Å². The summed E-state index contributed by atoms with van der Waals surface area (Å²) in [6, 6.07) is 13.0. The van der Waals surface area contributed by atoms with Gasteiger partial charge in [0.05, 0.1) is 0 Å². The molecule has 7 nitrogen and oxygen atoms in total. The zero-order valence-corrected chi connectivity index (χ0v) is 16.0. The zero-order valence-electron chi connectivity index (χ0n) is 14.3. The number of nitrogens with zero attached hydrogens (tertiary/aromatic N) is 3. The van der Waals surface area contributed by atoms with E-state index in [0.717, 1.165) is 22.1 Å². The van der Waals surface area contributed by atoms with Gasteiger partial charge in [-0.3, -0.25) is 10.1 Å². The lowest BCUT2D eigenvalue weighted by atomic mass is 10.0. The molecule has 9 heteroatoms. The zero-order chi connectivity index (χ0) is 18.7. The van der Waals surface area contributed by atoms with Gasteiger partial charge >= 0.3 is 0 Å². The van der Waals surface area contributed by atoms with Crippen LogP contribution in [0.15, 0.2) is 46.8 Å².